The molecular weight excluding hydrogens is 302 g/mol. The molecular formula is C16H17NO4S. The van der Waals surface area contributed by atoms with Gasteiger partial charge in [-0.2, -0.15) is 0 Å². The van der Waals surface area contributed by atoms with Gasteiger partial charge in [0.05, 0.1) is 12.0 Å². The number of carbonyl (C=O) groups excluding carboxylic acids is 1. The first-order valence-corrected chi connectivity index (χ1v) is 8.15. The zero-order chi connectivity index (χ0) is 16.3. The Balaban J connectivity index is 2.44. The third-order valence-electron chi connectivity index (χ3n) is 3.34. The number of carbonyl (C=O) groups is 1. The summed E-state index contributed by atoms with van der Waals surface area (Å²) in [4.78, 5) is 11.7. The van der Waals surface area contributed by atoms with E-state index in [-0.39, 0.29) is 10.7 Å². The van der Waals surface area contributed by atoms with Crippen LogP contribution in [0.3, 0.4) is 0 Å². The lowest BCUT2D eigenvalue weighted by Crippen LogP contribution is -2.13. The number of ketones is 1. The number of Topliss-reactive ketones (excluding diaryl/α,β-unsaturated/α-hetero) is 1. The van der Waals surface area contributed by atoms with Gasteiger partial charge in [0, 0.05) is 5.56 Å². The molecule has 0 fully saturated rings. The maximum absolute atomic E-state index is 11.7. The normalized spacial score (nSPS) is 11.2. The van der Waals surface area contributed by atoms with E-state index in [1.165, 1.54) is 25.1 Å². The largest absolute Gasteiger partial charge is 0.497 e. The van der Waals surface area contributed by atoms with E-state index in [0.29, 0.717) is 17.5 Å². The molecule has 0 atom stereocenters. The van der Waals surface area contributed by atoms with Crippen LogP contribution in [0.5, 0.6) is 5.75 Å². The van der Waals surface area contributed by atoms with E-state index in [9.17, 15) is 13.2 Å². The second-order valence-electron chi connectivity index (χ2n) is 4.95. The van der Waals surface area contributed by atoms with Crippen molar-refractivity contribution in [1.82, 2.24) is 0 Å². The molecule has 0 radical (unpaired) electrons. The van der Waals surface area contributed by atoms with Crippen molar-refractivity contribution >= 4 is 15.8 Å². The van der Waals surface area contributed by atoms with Gasteiger partial charge < -0.3 is 4.74 Å². The summed E-state index contributed by atoms with van der Waals surface area (Å²) in [6.07, 6.45) is 0.433. The maximum Gasteiger partial charge on any atom is 0.238 e. The van der Waals surface area contributed by atoms with Crippen LogP contribution in [0.1, 0.15) is 28.4 Å². The van der Waals surface area contributed by atoms with Crippen molar-refractivity contribution in [3.63, 3.8) is 0 Å². The molecule has 0 bridgehead atoms. The highest BCUT2D eigenvalue weighted by atomic mass is 32.2. The molecule has 0 unspecified atom stereocenters. The van der Waals surface area contributed by atoms with Gasteiger partial charge in [0.1, 0.15) is 5.75 Å². The molecule has 2 N–H and O–H groups in total. The second kappa shape index (κ2) is 6.29. The van der Waals surface area contributed by atoms with Crippen molar-refractivity contribution in [1.29, 1.82) is 0 Å². The summed E-state index contributed by atoms with van der Waals surface area (Å²) < 4.78 is 28.1. The Morgan fingerprint density at radius 1 is 1.14 bits per heavy atom. The van der Waals surface area contributed by atoms with Gasteiger partial charge in [-0.15, -0.1) is 0 Å². The molecule has 2 aromatic rings. The molecule has 6 heteroatoms. The number of benzene rings is 2. The standard InChI is InChI=1S/C16H17NO4S/c1-11(18)16-8-7-15(22(17,19)20)10-13(16)9-12-3-5-14(21-2)6-4-12/h3-8,10H,9H2,1-2H3,(H2,17,19,20). The van der Waals surface area contributed by atoms with Crippen LogP contribution in [-0.2, 0) is 16.4 Å². The number of rotatable bonds is 5. The summed E-state index contributed by atoms with van der Waals surface area (Å²) in [6.45, 7) is 1.45. The average Bonchev–Trinajstić information content (AvgIpc) is 2.47. The van der Waals surface area contributed by atoms with Gasteiger partial charge >= 0.3 is 0 Å². The van der Waals surface area contributed by atoms with Crippen LogP contribution in [0.2, 0.25) is 0 Å². The van der Waals surface area contributed by atoms with Crippen molar-refractivity contribution in [3.8, 4) is 5.75 Å². The molecule has 22 heavy (non-hydrogen) atoms. The third-order valence-corrected chi connectivity index (χ3v) is 4.25. The molecule has 2 aromatic carbocycles. The lowest BCUT2D eigenvalue weighted by Gasteiger charge is -2.10. The highest BCUT2D eigenvalue weighted by Gasteiger charge is 2.14. The summed E-state index contributed by atoms with van der Waals surface area (Å²) in [5.41, 5.74) is 2.06. The lowest BCUT2D eigenvalue weighted by molar-refractivity contribution is 0.101. The predicted molar refractivity (Wildman–Crippen MR) is 83.6 cm³/mol. The molecule has 0 saturated carbocycles. The first kappa shape index (κ1) is 16.2. The molecule has 0 amide bonds. The highest BCUT2D eigenvalue weighted by molar-refractivity contribution is 7.89. The van der Waals surface area contributed by atoms with Crippen molar-refractivity contribution in [2.75, 3.05) is 7.11 Å². The summed E-state index contributed by atoms with van der Waals surface area (Å²) in [5, 5.41) is 5.15. The lowest BCUT2D eigenvalue weighted by atomic mass is 9.98. The van der Waals surface area contributed by atoms with Crippen LogP contribution in [0.4, 0.5) is 0 Å². The molecule has 0 aliphatic heterocycles. The number of sulfonamides is 1. The molecule has 2 rings (SSSR count). The van der Waals surface area contributed by atoms with E-state index < -0.39 is 10.0 Å². The fourth-order valence-electron chi connectivity index (χ4n) is 2.20. The monoisotopic (exact) mass is 319 g/mol. The molecule has 0 aliphatic rings. The van der Waals surface area contributed by atoms with Crippen LogP contribution >= 0.6 is 0 Å². The minimum atomic E-state index is -3.80. The minimum absolute atomic E-state index is 0.000937. The fourth-order valence-corrected chi connectivity index (χ4v) is 2.76. The van der Waals surface area contributed by atoms with Crippen molar-refractivity contribution in [2.45, 2.75) is 18.2 Å². The van der Waals surface area contributed by atoms with Crippen molar-refractivity contribution < 1.29 is 17.9 Å². The number of methoxy groups -OCH3 is 1. The fraction of sp³-hybridized carbons (Fsp3) is 0.188. The molecule has 5 nitrogen and oxygen atoms in total. The molecule has 0 aliphatic carbocycles. The topological polar surface area (TPSA) is 86.5 Å². The SMILES string of the molecule is COc1ccc(Cc2cc(S(N)(=O)=O)ccc2C(C)=O)cc1. The summed E-state index contributed by atoms with van der Waals surface area (Å²) in [6, 6.07) is 11.7. The summed E-state index contributed by atoms with van der Waals surface area (Å²) >= 11 is 0. The third kappa shape index (κ3) is 3.72. The Hall–Kier alpha value is -2.18. The van der Waals surface area contributed by atoms with Gasteiger partial charge in [0.2, 0.25) is 10.0 Å². The van der Waals surface area contributed by atoms with Gasteiger partial charge in [0.25, 0.3) is 0 Å². The first-order chi connectivity index (χ1) is 10.3. The van der Waals surface area contributed by atoms with E-state index in [2.05, 4.69) is 0 Å². The van der Waals surface area contributed by atoms with Crippen LogP contribution in [-0.4, -0.2) is 21.3 Å². The second-order valence-corrected chi connectivity index (χ2v) is 6.51. The summed E-state index contributed by atoms with van der Waals surface area (Å²) in [7, 11) is -2.22. The van der Waals surface area contributed by atoms with E-state index in [1.807, 2.05) is 24.3 Å². The van der Waals surface area contributed by atoms with Crippen molar-refractivity contribution in [3.05, 3.63) is 59.2 Å². The van der Waals surface area contributed by atoms with Gasteiger partial charge in [-0.25, -0.2) is 13.6 Å². The van der Waals surface area contributed by atoms with Gasteiger partial charge in [0.15, 0.2) is 5.78 Å². The van der Waals surface area contributed by atoms with E-state index in [4.69, 9.17) is 9.88 Å². The Morgan fingerprint density at radius 3 is 2.27 bits per heavy atom. The van der Waals surface area contributed by atoms with Crippen LogP contribution in [0.15, 0.2) is 47.4 Å². The van der Waals surface area contributed by atoms with Gasteiger partial charge in [-0.3, -0.25) is 4.79 Å². The molecule has 116 valence electrons. The van der Waals surface area contributed by atoms with E-state index in [0.717, 1.165) is 11.3 Å². The van der Waals surface area contributed by atoms with E-state index >= 15 is 0 Å². The van der Waals surface area contributed by atoms with Gasteiger partial charge in [-0.1, -0.05) is 12.1 Å². The predicted octanol–water partition coefficient (Wildman–Crippen LogP) is 2.14. The van der Waals surface area contributed by atoms with Crippen LogP contribution < -0.4 is 9.88 Å². The zero-order valence-electron chi connectivity index (χ0n) is 12.4. The quantitative estimate of drug-likeness (QED) is 0.855. The highest BCUT2D eigenvalue weighted by Crippen LogP contribution is 2.21. The van der Waals surface area contributed by atoms with E-state index in [1.54, 1.807) is 7.11 Å². The molecule has 0 aromatic heterocycles. The average molecular weight is 319 g/mol. The zero-order valence-corrected chi connectivity index (χ0v) is 13.2. The van der Waals surface area contributed by atoms with Crippen LogP contribution in [0.25, 0.3) is 0 Å². The Bertz CT molecular complexity index is 795. The van der Waals surface area contributed by atoms with Crippen LogP contribution in [0, 0.1) is 0 Å². The number of ether oxygens (including phenoxy) is 1. The number of nitrogens with two attached hydrogens (primary N) is 1. The number of hydrogen-bond acceptors (Lipinski definition) is 4. The minimum Gasteiger partial charge on any atom is -0.497 e. The number of hydrogen-bond donors (Lipinski definition) is 1. The Labute approximate surface area is 129 Å². The molecule has 0 saturated heterocycles. The Kier molecular flexibility index (Phi) is 4.63. The smallest absolute Gasteiger partial charge is 0.238 e. The molecule has 0 spiro atoms. The molecule has 0 heterocycles. The summed E-state index contributed by atoms with van der Waals surface area (Å²) in [5.74, 6) is 0.610. The van der Waals surface area contributed by atoms with Gasteiger partial charge in [-0.05, 0) is 54.8 Å². The maximum atomic E-state index is 11.7. The first-order valence-electron chi connectivity index (χ1n) is 6.61. The van der Waals surface area contributed by atoms with Crippen molar-refractivity contribution in [2.24, 2.45) is 5.14 Å². The number of primary sulfonamides is 1. The Morgan fingerprint density at radius 2 is 1.77 bits per heavy atom.